The van der Waals surface area contributed by atoms with E-state index >= 15 is 0 Å². The predicted octanol–water partition coefficient (Wildman–Crippen LogP) is 0.976. The highest BCUT2D eigenvalue weighted by Crippen LogP contribution is 2.39. The molecule has 76 valence electrons. The molecule has 2 atom stereocenters. The zero-order valence-corrected chi connectivity index (χ0v) is 8.24. The summed E-state index contributed by atoms with van der Waals surface area (Å²) in [4.78, 5) is 25.2. The fourth-order valence-electron chi connectivity index (χ4n) is 2.79. The molecule has 2 unspecified atom stereocenters. The first-order valence-corrected chi connectivity index (χ1v) is 5.59. The fraction of sp³-hybridized carbons (Fsp3) is 0.818. The Kier molecular flexibility index (Phi) is 1.70. The van der Waals surface area contributed by atoms with Crippen LogP contribution < -0.4 is 0 Å². The van der Waals surface area contributed by atoms with Crippen LogP contribution >= 0.6 is 0 Å². The largest absolute Gasteiger partial charge is 0.332 e. The van der Waals surface area contributed by atoms with Gasteiger partial charge in [0, 0.05) is 17.9 Å². The number of Topliss-reactive ketones (excluding diaryl/α,β-unsaturated/α-hetero) is 1. The van der Waals surface area contributed by atoms with Crippen molar-refractivity contribution >= 4 is 11.7 Å². The Balaban J connectivity index is 1.67. The lowest BCUT2D eigenvalue weighted by Gasteiger charge is -2.26. The molecule has 3 heteroatoms. The van der Waals surface area contributed by atoms with E-state index in [1.807, 2.05) is 4.90 Å². The van der Waals surface area contributed by atoms with Crippen LogP contribution in [-0.4, -0.2) is 29.2 Å². The van der Waals surface area contributed by atoms with Crippen molar-refractivity contribution in [2.45, 2.75) is 38.1 Å². The van der Waals surface area contributed by atoms with Crippen LogP contribution in [-0.2, 0) is 9.59 Å². The van der Waals surface area contributed by atoms with Crippen molar-refractivity contribution in [3.63, 3.8) is 0 Å². The molecule has 0 spiro atoms. The van der Waals surface area contributed by atoms with E-state index in [4.69, 9.17) is 0 Å². The van der Waals surface area contributed by atoms with Gasteiger partial charge in [-0.15, -0.1) is 0 Å². The smallest absolute Gasteiger partial charge is 0.226 e. The molecule has 2 saturated carbocycles. The van der Waals surface area contributed by atoms with Gasteiger partial charge in [-0.05, 0) is 32.1 Å². The lowest BCUT2D eigenvalue weighted by atomic mass is 10.1. The van der Waals surface area contributed by atoms with Gasteiger partial charge in [-0.1, -0.05) is 0 Å². The maximum Gasteiger partial charge on any atom is 0.226 e. The van der Waals surface area contributed by atoms with Gasteiger partial charge in [-0.2, -0.15) is 0 Å². The summed E-state index contributed by atoms with van der Waals surface area (Å²) in [5, 5.41) is 0. The lowest BCUT2D eigenvalue weighted by Crippen LogP contribution is -2.40. The van der Waals surface area contributed by atoms with E-state index in [9.17, 15) is 9.59 Å². The number of likely N-dealkylation sites (tertiary alicyclic amines) is 1. The molecule has 0 aromatic carbocycles. The van der Waals surface area contributed by atoms with E-state index in [0.717, 1.165) is 32.1 Å². The molecule has 3 nitrogen and oxygen atoms in total. The van der Waals surface area contributed by atoms with Crippen LogP contribution in [0.3, 0.4) is 0 Å². The van der Waals surface area contributed by atoms with E-state index in [-0.39, 0.29) is 11.8 Å². The Labute approximate surface area is 83.5 Å². The van der Waals surface area contributed by atoms with Crippen molar-refractivity contribution in [1.29, 1.82) is 0 Å². The minimum atomic E-state index is 0.246. The number of rotatable bonds is 3. The summed E-state index contributed by atoms with van der Waals surface area (Å²) < 4.78 is 0. The molecule has 0 radical (unpaired) electrons. The van der Waals surface area contributed by atoms with Crippen LogP contribution in [0.4, 0.5) is 0 Å². The average Bonchev–Trinajstić information content (AvgIpc) is 2.86. The normalized spacial score (nSPS) is 35.4. The van der Waals surface area contributed by atoms with Gasteiger partial charge in [0.05, 0.1) is 6.54 Å². The third-order valence-electron chi connectivity index (χ3n) is 3.84. The molecule has 3 rings (SSSR count). The molecular formula is C11H15NO2. The summed E-state index contributed by atoms with van der Waals surface area (Å²) in [6.45, 7) is 0.407. The lowest BCUT2D eigenvalue weighted by molar-refractivity contribution is -0.138. The summed E-state index contributed by atoms with van der Waals surface area (Å²) >= 11 is 0. The third-order valence-corrected chi connectivity index (χ3v) is 3.84. The number of piperidine rings is 1. The monoisotopic (exact) mass is 193 g/mol. The molecule has 1 heterocycles. The van der Waals surface area contributed by atoms with Gasteiger partial charge in [0.2, 0.25) is 5.91 Å². The van der Waals surface area contributed by atoms with Crippen LogP contribution in [0, 0.1) is 11.8 Å². The van der Waals surface area contributed by atoms with E-state index in [2.05, 4.69) is 0 Å². The van der Waals surface area contributed by atoms with E-state index in [1.54, 1.807) is 0 Å². The number of carbonyl (C=O) groups is 2. The van der Waals surface area contributed by atoms with Crippen LogP contribution in [0.15, 0.2) is 0 Å². The zero-order chi connectivity index (χ0) is 9.71. The Morgan fingerprint density at radius 3 is 2.64 bits per heavy atom. The second-order valence-electron chi connectivity index (χ2n) is 4.87. The van der Waals surface area contributed by atoms with Gasteiger partial charge in [-0.25, -0.2) is 0 Å². The van der Waals surface area contributed by atoms with Crippen molar-refractivity contribution in [1.82, 2.24) is 4.90 Å². The Bertz CT molecular complexity index is 296. The summed E-state index contributed by atoms with van der Waals surface area (Å²) in [5.74, 6) is 1.09. The van der Waals surface area contributed by atoms with Gasteiger partial charge in [-0.3, -0.25) is 9.59 Å². The molecule has 0 N–H and O–H groups in total. The Morgan fingerprint density at radius 2 is 2.07 bits per heavy atom. The van der Waals surface area contributed by atoms with Gasteiger partial charge in [0.25, 0.3) is 0 Å². The highest BCUT2D eigenvalue weighted by atomic mass is 16.2. The van der Waals surface area contributed by atoms with Crippen molar-refractivity contribution in [2.24, 2.45) is 11.8 Å². The maximum atomic E-state index is 11.7. The maximum absolute atomic E-state index is 11.7. The topological polar surface area (TPSA) is 37.4 Å². The number of nitrogens with zero attached hydrogens (tertiary/aromatic N) is 1. The Hall–Kier alpha value is -0.860. The second kappa shape index (κ2) is 2.81. The molecule has 1 aliphatic heterocycles. The molecule has 14 heavy (non-hydrogen) atoms. The molecular weight excluding hydrogens is 178 g/mol. The number of hydrogen-bond acceptors (Lipinski definition) is 2. The SMILES string of the molecule is O=C(CN1C(=O)C2CCC1C2)C1CC1. The molecule has 3 fully saturated rings. The number of fused-ring (bicyclic) bond motifs is 2. The molecule has 2 aliphatic carbocycles. The van der Waals surface area contributed by atoms with Gasteiger partial charge in [0.1, 0.15) is 0 Å². The standard InChI is InChI=1S/C11H15NO2/c13-10(7-1-2-7)6-12-9-4-3-8(5-9)11(12)14/h7-9H,1-6H2. The first-order chi connectivity index (χ1) is 6.75. The minimum Gasteiger partial charge on any atom is -0.332 e. The van der Waals surface area contributed by atoms with Crippen molar-refractivity contribution < 1.29 is 9.59 Å². The summed E-state index contributed by atoms with van der Waals surface area (Å²) in [7, 11) is 0. The highest BCUT2D eigenvalue weighted by molar-refractivity contribution is 5.91. The molecule has 0 aromatic heterocycles. The highest BCUT2D eigenvalue weighted by Gasteiger charge is 2.46. The van der Waals surface area contributed by atoms with E-state index < -0.39 is 0 Å². The summed E-state index contributed by atoms with van der Waals surface area (Å²) in [6, 6.07) is 0.398. The quantitative estimate of drug-likeness (QED) is 0.670. The molecule has 3 aliphatic rings. The third kappa shape index (κ3) is 1.18. The van der Waals surface area contributed by atoms with Gasteiger partial charge < -0.3 is 4.90 Å². The van der Waals surface area contributed by atoms with E-state index in [1.165, 1.54) is 0 Å². The molecule has 1 saturated heterocycles. The number of amides is 1. The first kappa shape index (κ1) is 8.45. The molecule has 2 bridgehead atoms. The Morgan fingerprint density at radius 1 is 1.29 bits per heavy atom. The summed E-state index contributed by atoms with van der Waals surface area (Å²) in [5.41, 5.74) is 0. The number of hydrogen-bond donors (Lipinski definition) is 0. The van der Waals surface area contributed by atoms with E-state index in [0.29, 0.717) is 24.3 Å². The second-order valence-corrected chi connectivity index (χ2v) is 4.87. The van der Waals surface area contributed by atoms with Crippen molar-refractivity contribution in [3.05, 3.63) is 0 Å². The van der Waals surface area contributed by atoms with Crippen molar-refractivity contribution in [2.75, 3.05) is 6.54 Å². The van der Waals surface area contributed by atoms with Gasteiger partial charge >= 0.3 is 0 Å². The van der Waals surface area contributed by atoms with Crippen LogP contribution in [0.5, 0.6) is 0 Å². The number of carbonyl (C=O) groups excluding carboxylic acids is 2. The predicted molar refractivity (Wildman–Crippen MR) is 50.6 cm³/mol. The first-order valence-electron chi connectivity index (χ1n) is 5.59. The molecule has 0 aromatic rings. The van der Waals surface area contributed by atoms with Crippen LogP contribution in [0.2, 0.25) is 0 Å². The zero-order valence-electron chi connectivity index (χ0n) is 8.24. The van der Waals surface area contributed by atoms with Crippen LogP contribution in [0.1, 0.15) is 32.1 Å². The average molecular weight is 193 g/mol. The van der Waals surface area contributed by atoms with Crippen LogP contribution in [0.25, 0.3) is 0 Å². The number of ketones is 1. The fourth-order valence-corrected chi connectivity index (χ4v) is 2.79. The molecule has 1 amide bonds. The summed E-state index contributed by atoms with van der Waals surface area (Å²) in [6.07, 6.45) is 5.28. The minimum absolute atomic E-state index is 0.246. The van der Waals surface area contributed by atoms with Crippen molar-refractivity contribution in [3.8, 4) is 0 Å². The van der Waals surface area contributed by atoms with Gasteiger partial charge in [0.15, 0.2) is 5.78 Å².